The van der Waals surface area contributed by atoms with Gasteiger partial charge in [0.15, 0.2) is 0 Å². The molecule has 4 heteroatoms. The lowest BCUT2D eigenvalue weighted by Gasteiger charge is -2.19. The van der Waals surface area contributed by atoms with Crippen LogP contribution >= 0.6 is 0 Å². The zero-order valence-corrected chi connectivity index (χ0v) is 11.4. The van der Waals surface area contributed by atoms with Gasteiger partial charge in [-0.1, -0.05) is 24.3 Å². The Balaban J connectivity index is 2.35. The van der Waals surface area contributed by atoms with Gasteiger partial charge < -0.3 is 15.2 Å². The maximum absolute atomic E-state index is 9.88. The molecule has 0 aliphatic rings. The summed E-state index contributed by atoms with van der Waals surface area (Å²) in [7, 11) is 1.56. The van der Waals surface area contributed by atoms with Gasteiger partial charge in [-0.15, -0.1) is 0 Å². The monoisotopic (exact) mass is 268 g/mol. The number of nitrogens with zero attached hydrogens (tertiary/aromatic N) is 1. The summed E-state index contributed by atoms with van der Waals surface area (Å²) in [5, 5.41) is 22.3. The van der Waals surface area contributed by atoms with Crippen LogP contribution in [-0.4, -0.2) is 12.2 Å². The zero-order chi connectivity index (χ0) is 14.5. The van der Waals surface area contributed by atoms with E-state index >= 15 is 0 Å². The van der Waals surface area contributed by atoms with Gasteiger partial charge in [-0.3, -0.25) is 0 Å². The first-order chi connectivity index (χ1) is 9.67. The van der Waals surface area contributed by atoms with E-state index < -0.39 is 0 Å². The van der Waals surface area contributed by atoms with Crippen LogP contribution in [0.15, 0.2) is 42.5 Å². The minimum Gasteiger partial charge on any atom is -0.508 e. The van der Waals surface area contributed by atoms with E-state index in [-0.39, 0.29) is 11.8 Å². The molecule has 0 fully saturated rings. The number of nitrogens with one attached hydrogen (secondary N) is 1. The van der Waals surface area contributed by atoms with Crippen molar-refractivity contribution in [1.29, 1.82) is 5.26 Å². The molecular formula is C16H16N2O2. The molecule has 0 saturated carbocycles. The van der Waals surface area contributed by atoms with E-state index in [1.807, 2.05) is 19.1 Å². The lowest BCUT2D eigenvalue weighted by Crippen LogP contribution is -2.09. The highest BCUT2D eigenvalue weighted by Crippen LogP contribution is 2.33. The van der Waals surface area contributed by atoms with Gasteiger partial charge in [0.05, 0.1) is 24.4 Å². The Morgan fingerprint density at radius 2 is 1.95 bits per heavy atom. The third kappa shape index (κ3) is 2.67. The van der Waals surface area contributed by atoms with Crippen molar-refractivity contribution in [2.75, 3.05) is 12.4 Å². The Kier molecular flexibility index (Phi) is 4.11. The van der Waals surface area contributed by atoms with Gasteiger partial charge in [0.2, 0.25) is 0 Å². The Hall–Kier alpha value is -2.67. The number of aromatic hydroxyl groups is 1. The number of methoxy groups -OCH3 is 1. The molecule has 1 unspecified atom stereocenters. The summed E-state index contributed by atoms with van der Waals surface area (Å²) in [6.07, 6.45) is 0. The molecule has 102 valence electrons. The van der Waals surface area contributed by atoms with E-state index in [2.05, 4.69) is 11.4 Å². The average molecular weight is 268 g/mol. The van der Waals surface area contributed by atoms with Crippen LogP contribution in [0, 0.1) is 11.3 Å². The summed E-state index contributed by atoms with van der Waals surface area (Å²) >= 11 is 0. The molecule has 2 N–H and O–H groups in total. The molecule has 0 heterocycles. The Morgan fingerprint density at radius 3 is 2.60 bits per heavy atom. The van der Waals surface area contributed by atoms with E-state index in [0.29, 0.717) is 17.0 Å². The van der Waals surface area contributed by atoms with Crippen molar-refractivity contribution >= 4 is 5.69 Å². The molecule has 2 aromatic carbocycles. The van der Waals surface area contributed by atoms with Crippen molar-refractivity contribution in [3.8, 4) is 17.6 Å². The second-order valence-electron chi connectivity index (χ2n) is 4.42. The van der Waals surface area contributed by atoms with Gasteiger partial charge in [0, 0.05) is 5.56 Å². The molecule has 1 atom stereocenters. The fourth-order valence-electron chi connectivity index (χ4n) is 2.09. The summed E-state index contributed by atoms with van der Waals surface area (Å²) in [6.45, 7) is 1.92. The van der Waals surface area contributed by atoms with Gasteiger partial charge in [0.1, 0.15) is 17.6 Å². The smallest absolute Gasteiger partial charge is 0.143 e. The molecular weight excluding hydrogens is 252 g/mol. The number of benzene rings is 2. The van der Waals surface area contributed by atoms with E-state index in [1.54, 1.807) is 37.4 Å². The molecule has 0 aromatic heterocycles. The number of phenolic OH excluding ortho intramolecular Hbond substituents is 1. The second kappa shape index (κ2) is 5.98. The normalized spacial score (nSPS) is 11.4. The standard InChI is InChI=1S/C16H16N2O2/c1-11(13-7-3-4-8-14(13)19)18-16-12(10-17)6-5-9-15(16)20-2/h3-9,11,18-19H,1-2H3. The zero-order valence-electron chi connectivity index (χ0n) is 11.4. The number of nitriles is 1. The van der Waals surface area contributed by atoms with Crippen LogP contribution in [0.25, 0.3) is 0 Å². The summed E-state index contributed by atoms with van der Waals surface area (Å²) in [5.41, 5.74) is 1.90. The largest absolute Gasteiger partial charge is 0.508 e. The molecule has 0 aliphatic heterocycles. The van der Waals surface area contributed by atoms with Crippen LogP contribution in [0.5, 0.6) is 11.5 Å². The first kappa shape index (κ1) is 13.8. The first-order valence-corrected chi connectivity index (χ1v) is 6.29. The van der Waals surface area contributed by atoms with Crippen LogP contribution < -0.4 is 10.1 Å². The maximum atomic E-state index is 9.88. The van der Waals surface area contributed by atoms with E-state index in [9.17, 15) is 10.4 Å². The fraction of sp³-hybridized carbons (Fsp3) is 0.188. The summed E-state index contributed by atoms with van der Waals surface area (Å²) in [6, 6.07) is 14.4. The van der Waals surface area contributed by atoms with Gasteiger partial charge in [-0.2, -0.15) is 5.26 Å². The number of hydrogen-bond donors (Lipinski definition) is 2. The SMILES string of the molecule is COc1cccc(C#N)c1NC(C)c1ccccc1O. The van der Waals surface area contributed by atoms with Crippen LogP contribution in [0.1, 0.15) is 24.1 Å². The molecule has 20 heavy (non-hydrogen) atoms. The lowest BCUT2D eigenvalue weighted by molar-refractivity contribution is 0.415. The molecule has 2 rings (SSSR count). The van der Waals surface area contributed by atoms with Crippen LogP contribution in [0.4, 0.5) is 5.69 Å². The maximum Gasteiger partial charge on any atom is 0.143 e. The van der Waals surface area contributed by atoms with Gasteiger partial charge in [-0.25, -0.2) is 0 Å². The lowest BCUT2D eigenvalue weighted by atomic mass is 10.1. The van der Waals surface area contributed by atoms with E-state index in [4.69, 9.17) is 4.74 Å². The number of rotatable bonds is 4. The van der Waals surface area contributed by atoms with E-state index in [1.165, 1.54) is 0 Å². The fourth-order valence-corrected chi connectivity index (χ4v) is 2.09. The van der Waals surface area contributed by atoms with Crippen LogP contribution in [-0.2, 0) is 0 Å². The molecule has 0 saturated heterocycles. The minimum absolute atomic E-state index is 0.153. The van der Waals surface area contributed by atoms with Crippen LogP contribution in [0.3, 0.4) is 0 Å². The third-order valence-corrected chi connectivity index (χ3v) is 3.13. The van der Waals surface area contributed by atoms with Crippen molar-refractivity contribution < 1.29 is 9.84 Å². The molecule has 0 aliphatic carbocycles. The number of para-hydroxylation sites is 2. The van der Waals surface area contributed by atoms with Crippen LogP contribution in [0.2, 0.25) is 0 Å². The molecule has 0 amide bonds. The minimum atomic E-state index is -0.153. The predicted octanol–water partition coefficient (Wildman–Crippen LogP) is 3.45. The van der Waals surface area contributed by atoms with Crippen molar-refractivity contribution in [3.63, 3.8) is 0 Å². The highest BCUT2D eigenvalue weighted by Gasteiger charge is 2.14. The third-order valence-electron chi connectivity index (χ3n) is 3.13. The molecule has 4 nitrogen and oxygen atoms in total. The number of ether oxygens (including phenoxy) is 1. The first-order valence-electron chi connectivity index (χ1n) is 6.29. The highest BCUT2D eigenvalue weighted by atomic mass is 16.5. The molecule has 0 bridgehead atoms. The average Bonchev–Trinajstić information content (AvgIpc) is 2.47. The van der Waals surface area contributed by atoms with Crippen molar-refractivity contribution in [2.45, 2.75) is 13.0 Å². The number of anilines is 1. The summed E-state index contributed by atoms with van der Waals surface area (Å²) in [4.78, 5) is 0. The summed E-state index contributed by atoms with van der Waals surface area (Å²) in [5.74, 6) is 0.826. The van der Waals surface area contributed by atoms with Gasteiger partial charge >= 0.3 is 0 Å². The molecule has 0 spiro atoms. The van der Waals surface area contributed by atoms with Crippen molar-refractivity contribution in [2.24, 2.45) is 0 Å². The molecule has 0 radical (unpaired) electrons. The number of hydrogen-bond acceptors (Lipinski definition) is 4. The topological polar surface area (TPSA) is 65.3 Å². The quantitative estimate of drug-likeness (QED) is 0.891. The van der Waals surface area contributed by atoms with E-state index in [0.717, 1.165) is 5.56 Å². The van der Waals surface area contributed by atoms with Gasteiger partial charge in [-0.05, 0) is 25.1 Å². The molecule has 2 aromatic rings. The second-order valence-corrected chi connectivity index (χ2v) is 4.42. The van der Waals surface area contributed by atoms with Gasteiger partial charge in [0.25, 0.3) is 0 Å². The predicted molar refractivity (Wildman–Crippen MR) is 77.9 cm³/mol. The summed E-state index contributed by atoms with van der Waals surface area (Å²) < 4.78 is 5.28. The van der Waals surface area contributed by atoms with Crippen molar-refractivity contribution in [1.82, 2.24) is 0 Å². The van der Waals surface area contributed by atoms with Crippen molar-refractivity contribution in [3.05, 3.63) is 53.6 Å². The number of phenols is 1. The Morgan fingerprint density at radius 1 is 1.20 bits per heavy atom. The highest BCUT2D eigenvalue weighted by molar-refractivity contribution is 5.67. The Bertz CT molecular complexity index is 647. The Labute approximate surface area is 118 Å².